The Labute approximate surface area is 65.7 Å². The Hall–Kier alpha value is -0.900. The number of ketones is 1. The van der Waals surface area contributed by atoms with E-state index in [-0.39, 0.29) is 18.7 Å². The van der Waals surface area contributed by atoms with Gasteiger partial charge in [0.25, 0.3) is 0 Å². The average molecular weight is 158 g/mol. The van der Waals surface area contributed by atoms with Crippen LogP contribution in [0.2, 0.25) is 0 Å². The van der Waals surface area contributed by atoms with Crippen molar-refractivity contribution in [2.24, 2.45) is 5.73 Å². The van der Waals surface area contributed by atoms with Gasteiger partial charge >= 0.3 is 6.47 Å². The zero-order chi connectivity index (χ0) is 8.91. The molecule has 0 spiro atoms. The van der Waals surface area contributed by atoms with Gasteiger partial charge in [0.2, 0.25) is 0 Å². The first-order chi connectivity index (χ1) is 5.02. The van der Waals surface area contributed by atoms with Gasteiger partial charge in [0.15, 0.2) is 0 Å². The molecule has 0 saturated carbocycles. The lowest BCUT2D eigenvalue weighted by Crippen LogP contribution is -2.30. The van der Waals surface area contributed by atoms with E-state index in [9.17, 15) is 9.59 Å². The van der Waals surface area contributed by atoms with E-state index in [1.165, 1.54) is 6.47 Å². The highest BCUT2D eigenvalue weighted by Crippen LogP contribution is 2.12. The molecule has 0 aromatic carbocycles. The van der Waals surface area contributed by atoms with Crippen LogP contribution < -0.4 is 5.73 Å². The fourth-order valence-corrected chi connectivity index (χ4v) is 0.696. The first-order valence-electron chi connectivity index (χ1n) is 3.29. The molecule has 0 aromatic rings. The van der Waals surface area contributed by atoms with Crippen molar-refractivity contribution in [2.75, 3.05) is 6.54 Å². The summed E-state index contributed by atoms with van der Waals surface area (Å²) in [5.41, 5.74) is 4.29. The van der Waals surface area contributed by atoms with Crippen LogP contribution in [0.25, 0.3) is 0 Å². The minimum Gasteiger partial charge on any atom is -0.451 e. The van der Waals surface area contributed by atoms with E-state index in [1.54, 1.807) is 13.8 Å². The predicted molar refractivity (Wildman–Crippen MR) is 39.5 cm³/mol. The predicted octanol–water partition coefficient (Wildman–Crippen LogP) is -0.233. The van der Waals surface area contributed by atoms with Crippen LogP contribution in [0.4, 0.5) is 0 Å². The van der Waals surface area contributed by atoms with E-state index in [0.29, 0.717) is 0 Å². The Morgan fingerprint density at radius 1 is 1.64 bits per heavy atom. The van der Waals surface area contributed by atoms with E-state index < -0.39 is 5.60 Å². The van der Waals surface area contributed by atoms with Gasteiger partial charge in [-0.3, -0.25) is 4.79 Å². The number of carbonyl (C=O) groups is 1. The van der Waals surface area contributed by atoms with Crippen molar-refractivity contribution in [3.63, 3.8) is 0 Å². The maximum absolute atomic E-state index is 10.8. The van der Waals surface area contributed by atoms with Crippen molar-refractivity contribution in [1.82, 2.24) is 0 Å². The van der Waals surface area contributed by atoms with E-state index in [4.69, 9.17) is 5.73 Å². The van der Waals surface area contributed by atoms with Crippen molar-refractivity contribution >= 4 is 12.3 Å². The van der Waals surface area contributed by atoms with Gasteiger partial charge in [-0.15, -0.1) is 0 Å². The molecule has 0 amide bonds. The van der Waals surface area contributed by atoms with Crippen LogP contribution in [-0.2, 0) is 14.3 Å². The highest BCUT2D eigenvalue weighted by molar-refractivity contribution is 5.81. The van der Waals surface area contributed by atoms with Crippen molar-refractivity contribution in [2.45, 2.75) is 25.9 Å². The third-order valence-electron chi connectivity index (χ3n) is 1.17. The van der Waals surface area contributed by atoms with Gasteiger partial charge in [0.1, 0.15) is 11.4 Å². The summed E-state index contributed by atoms with van der Waals surface area (Å²) in [7, 11) is 0. The standard InChI is InChI=1S/C7H12NO3/c1-7(2,11-5-9)3-6(10)4-8/h3-4,8H2,1-2H3. The van der Waals surface area contributed by atoms with E-state index in [1.807, 2.05) is 0 Å². The number of ether oxygens (including phenoxy) is 1. The Morgan fingerprint density at radius 2 is 2.18 bits per heavy atom. The highest BCUT2D eigenvalue weighted by atomic mass is 16.5. The summed E-state index contributed by atoms with van der Waals surface area (Å²) in [6.07, 6.45) is 0.138. The number of Topliss-reactive ketones (excluding diaryl/α,β-unsaturated/α-hetero) is 1. The number of hydrogen-bond donors (Lipinski definition) is 1. The molecule has 0 saturated heterocycles. The lowest BCUT2D eigenvalue weighted by molar-refractivity contribution is -0.121. The summed E-state index contributed by atoms with van der Waals surface area (Å²) in [6, 6.07) is 0. The van der Waals surface area contributed by atoms with Gasteiger partial charge in [-0.1, -0.05) is 0 Å². The molecule has 0 fully saturated rings. The van der Waals surface area contributed by atoms with E-state index in [2.05, 4.69) is 4.74 Å². The molecule has 0 atom stereocenters. The summed E-state index contributed by atoms with van der Waals surface area (Å²) < 4.78 is 4.52. The van der Waals surface area contributed by atoms with Crippen molar-refractivity contribution in [1.29, 1.82) is 0 Å². The molecule has 0 bridgehead atoms. The summed E-state index contributed by atoms with van der Waals surface area (Å²) >= 11 is 0. The molecule has 0 aliphatic rings. The molecule has 0 aliphatic heterocycles. The van der Waals surface area contributed by atoms with Gasteiger partial charge in [-0.25, -0.2) is 4.79 Å². The summed E-state index contributed by atoms with van der Waals surface area (Å²) in [4.78, 5) is 20.6. The van der Waals surface area contributed by atoms with Crippen LogP contribution in [0.1, 0.15) is 20.3 Å². The first-order valence-corrected chi connectivity index (χ1v) is 3.29. The fourth-order valence-electron chi connectivity index (χ4n) is 0.696. The zero-order valence-electron chi connectivity index (χ0n) is 6.72. The topological polar surface area (TPSA) is 69.4 Å². The fraction of sp³-hybridized carbons (Fsp3) is 0.714. The normalized spacial score (nSPS) is 10.8. The largest absolute Gasteiger partial charge is 0.451 e. The second kappa shape index (κ2) is 4.08. The van der Waals surface area contributed by atoms with Crippen LogP contribution >= 0.6 is 0 Å². The molecule has 4 heteroatoms. The molecular formula is C7H12NO3. The Bertz CT molecular complexity index is 154. The van der Waals surface area contributed by atoms with Crippen LogP contribution in [0, 0.1) is 0 Å². The van der Waals surface area contributed by atoms with Crippen LogP contribution in [0.15, 0.2) is 0 Å². The minimum atomic E-state index is -0.780. The van der Waals surface area contributed by atoms with E-state index in [0.717, 1.165) is 0 Å². The van der Waals surface area contributed by atoms with Gasteiger partial charge in [-0.2, -0.15) is 0 Å². The van der Waals surface area contributed by atoms with Crippen molar-refractivity contribution in [3.05, 3.63) is 0 Å². The van der Waals surface area contributed by atoms with Crippen LogP contribution in [0.3, 0.4) is 0 Å². The third kappa shape index (κ3) is 4.50. The van der Waals surface area contributed by atoms with Gasteiger partial charge < -0.3 is 10.5 Å². The monoisotopic (exact) mass is 158 g/mol. The van der Waals surface area contributed by atoms with Crippen molar-refractivity contribution in [3.8, 4) is 0 Å². The molecular weight excluding hydrogens is 146 g/mol. The smallest absolute Gasteiger partial charge is 0.418 e. The molecule has 0 aliphatic carbocycles. The second-order valence-corrected chi connectivity index (χ2v) is 2.86. The molecule has 11 heavy (non-hydrogen) atoms. The summed E-state index contributed by atoms with van der Waals surface area (Å²) in [6.45, 7) is 4.53. The Kier molecular flexibility index (Phi) is 3.74. The SMILES string of the molecule is CC(C)(CC(=O)CN)O[C]=O. The molecule has 63 valence electrons. The van der Waals surface area contributed by atoms with E-state index >= 15 is 0 Å². The summed E-state index contributed by atoms with van der Waals surface area (Å²) in [5.74, 6) is -0.134. The summed E-state index contributed by atoms with van der Waals surface area (Å²) in [5, 5.41) is 0. The van der Waals surface area contributed by atoms with Gasteiger partial charge in [0.05, 0.1) is 6.54 Å². The van der Waals surface area contributed by atoms with Crippen molar-refractivity contribution < 1.29 is 14.3 Å². The van der Waals surface area contributed by atoms with Gasteiger partial charge in [-0.05, 0) is 13.8 Å². The molecule has 0 unspecified atom stereocenters. The lowest BCUT2D eigenvalue weighted by atomic mass is 10.0. The van der Waals surface area contributed by atoms with Crippen LogP contribution in [-0.4, -0.2) is 24.4 Å². The molecule has 1 radical (unpaired) electrons. The van der Waals surface area contributed by atoms with Crippen LogP contribution in [0.5, 0.6) is 0 Å². The number of rotatable bonds is 5. The quantitative estimate of drug-likeness (QED) is 0.599. The molecule has 4 nitrogen and oxygen atoms in total. The zero-order valence-corrected chi connectivity index (χ0v) is 6.72. The Balaban J connectivity index is 3.89. The Morgan fingerprint density at radius 3 is 2.55 bits per heavy atom. The average Bonchev–Trinajstić information content (AvgIpc) is 1.86. The molecule has 0 heterocycles. The first kappa shape index (κ1) is 10.1. The maximum atomic E-state index is 10.8. The minimum absolute atomic E-state index is 0.0222. The number of hydrogen-bond acceptors (Lipinski definition) is 4. The number of carbonyl (C=O) groups excluding carboxylic acids is 2. The van der Waals surface area contributed by atoms with Gasteiger partial charge in [0, 0.05) is 6.42 Å². The highest BCUT2D eigenvalue weighted by Gasteiger charge is 2.22. The second-order valence-electron chi connectivity index (χ2n) is 2.86. The molecule has 0 rings (SSSR count). The number of nitrogens with two attached hydrogens (primary N) is 1. The third-order valence-corrected chi connectivity index (χ3v) is 1.17. The molecule has 2 N–H and O–H groups in total. The molecule has 0 aromatic heterocycles. The maximum Gasteiger partial charge on any atom is 0.418 e. The lowest BCUT2D eigenvalue weighted by Gasteiger charge is -2.20.